The highest BCUT2D eigenvalue weighted by atomic mass is 32.2. The molecule has 0 aliphatic heterocycles. The van der Waals surface area contributed by atoms with Crippen molar-refractivity contribution < 1.29 is 14.3 Å². The van der Waals surface area contributed by atoms with Crippen LogP contribution in [-0.4, -0.2) is 39.0 Å². The molecule has 0 spiro atoms. The van der Waals surface area contributed by atoms with Gasteiger partial charge in [0.25, 0.3) is 0 Å². The van der Waals surface area contributed by atoms with E-state index < -0.39 is 5.97 Å². The number of ether oxygens (including phenoxy) is 1. The molecule has 0 radical (unpaired) electrons. The van der Waals surface area contributed by atoms with Crippen molar-refractivity contribution in [2.75, 3.05) is 17.7 Å². The van der Waals surface area contributed by atoms with Crippen molar-refractivity contribution in [1.29, 1.82) is 0 Å². The predicted molar refractivity (Wildman–Crippen MR) is 127 cm³/mol. The lowest BCUT2D eigenvalue weighted by molar-refractivity contribution is -0.113. The van der Waals surface area contributed by atoms with E-state index in [4.69, 9.17) is 4.74 Å². The predicted octanol–water partition coefficient (Wildman–Crippen LogP) is 5.19. The van der Waals surface area contributed by atoms with Crippen molar-refractivity contribution >= 4 is 51.3 Å². The first kappa shape index (κ1) is 23.5. The van der Waals surface area contributed by atoms with Gasteiger partial charge in [0.2, 0.25) is 5.91 Å². The lowest BCUT2D eigenvalue weighted by atomic mass is 10.0. The normalized spacial score (nSPS) is 11.1. The van der Waals surface area contributed by atoms with E-state index in [2.05, 4.69) is 29.4 Å². The third-order valence-corrected chi connectivity index (χ3v) is 7.11. The second kappa shape index (κ2) is 10.9. The Labute approximate surface area is 194 Å². The number of hydrogen-bond acceptors (Lipinski definition) is 8. The SMILES string of the molecule is CCOC(=O)c1c(CC(C)C)csc1NC(=O)CSc1nnc(-c2cccs2)n1CC. The summed E-state index contributed by atoms with van der Waals surface area (Å²) in [6.07, 6.45) is 0.750. The van der Waals surface area contributed by atoms with E-state index in [1.807, 2.05) is 34.4 Å². The molecule has 0 saturated carbocycles. The van der Waals surface area contributed by atoms with E-state index in [9.17, 15) is 9.59 Å². The van der Waals surface area contributed by atoms with E-state index in [-0.39, 0.29) is 18.3 Å². The molecule has 166 valence electrons. The number of anilines is 1. The van der Waals surface area contributed by atoms with Crippen molar-refractivity contribution in [3.05, 3.63) is 34.0 Å². The average molecular weight is 479 g/mol. The van der Waals surface area contributed by atoms with Crippen LogP contribution < -0.4 is 5.32 Å². The number of nitrogens with zero attached hydrogens (tertiary/aromatic N) is 3. The highest BCUT2D eigenvalue weighted by Gasteiger charge is 2.23. The number of carbonyl (C=O) groups excluding carboxylic acids is 2. The molecule has 3 rings (SSSR count). The summed E-state index contributed by atoms with van der Waals surface area (Å²) in [5.41, 5.74) is 1.38. The zero-order valence-corrected chi connectivity index (χ0v) is 20.5. The Morgan fingerprint density at radius 1 is 1.26 bits per heavy atom. The Kier molecular flexibility index (Phi) is 8.28. The first-order valence-electron chi connectivity index (χ1n) is 10.1. The van der Waals surface area contributed by atoms with Gasteiger partial charge in [-0.05, 0) is 48.6 Å². The quantitative estimate of drug-likeness (QED) is 0.319. The zero-order chi connectivity index (χ0) is 22.4. The lowest BCUT2D eigenvalue weighted by Crippen LogP contribution is -2.17. The summed E-state index contributed by atoms with van der Waals surface area (Å²) in [6, 6.07) is 3.98. The molecular formula is C21H26N4O3S3. The summed E-state index contributed by atoms with van der Waals surface area (Å²) in [7, 11) is 0. The second-order valence-corrected chi connectivity index (χ2v) is 9.92. The van der Waals surface area contributed by atoms with E-state index in [0.717, 1.165) is 22.7 Å². The van der Waals surface area contributed by atoms with Crippen LogP contribution >= 0.6 is 34.4 Å². The van der Waals surface area contributed by atoms with Crippen LogP contribution in [0.5, 0.6) is 0 Å². The van der Waals surface area contributed by atoms with Gasteiger partial charge in [0.05, 0.1) is 22.8 Å². The number of aromatic nitrogens is 3. The van der Waals surface area contributed by atoms with Gasteiger partial charge in [-0.15, -0.1) is 32.9 Å². The van der Waals surface area contributed by atoms with Crippen LogP contribution in [0.2, 0.25) is 0 Å². The Balaban J connectivity index is 1.70. The van der Waals surface area contributed by atoms with Gasteiger partial charge in [-0.25, -0.2) is 4.79 Å². The number of thiophene rings is 2. The van der Waals surface area contributed by atoms with Crippen LogP contribution in [-0.2, 0) is 22.5 Å². The maximum atomic E-state index is 12.7. The highest BCUT2D eigenvalue weighted by Crippen LogP contribution is 2.32. The summed E-state index contributed by atoms with van der Waals surface area (Å²) in [5.74, 6) is 0.773. The van der Waals surface area contributed by atoms with Crippen LogP contribution in [0.3, 0.4) is 0 Å². The van der Waals surface area contributed by atoms with Gasteiger partial charge < -0.3 is 14.6 Å². The zero-order valence-electron chi connectivity index (χ0n) is 18.0. The fourth-order valence-corrected chi connectivity index (χ4v) is 5.56. The van der Waals surface area contributed by atoms with Gasteiger partial charge >= 0.3 is 5.97 Å². The molecule has 10 heteroatoms. The molecule has 1 N–H and O–H groups in total. The molecule has 0 saturated heterocycles. The molecule has 0 atom stereocenters. The Morgan fingerprint density at radius 2 is 2.06 bits per heavy atom. The minimum atomic E-state index is -0.395. The van der Waals surface area contributed by atoms with Crippen molar-refractivity contribution in [1.82, 2.24) is 14.8 Å². The smallest absolute Gasteiger partial charge is 0.341 e. The second-order valence-electron chi connectivity index (χ2n) is 7.15. The maximum absolute atomic E-state index is 12.7. The first-order valence-corrected chi connectivity index (χ1v) is 12.9. The number of carbonyl (C=O) groups is 2. The van der Waals surface area contributed by atoms with Gasteiger partial charge in [0, 0.05) is 6.54 Å². The summed E-state index contributed by atoms with van der Waals surface area (Å²) in [6.45, 7) is 8.98. The third-order valence-electron chi connectivity index (χ3n) is 4.33. The van der Waals surface area contributed by atoms with E-state index in [1.165, 1.54) is 23.1 Å². The number of hydrogen-bond donors (Lipinski definition) is 1. The highest BCUT2D eigenvalue weighted by molar-refractivity contribution is 7.99. The average Bonchev–Trinajstić information content (AvgIpc) is 3.45. The Bertz CT molecular complexity index is 1030. The van der Waals surface area contributed by atoms with E-state index >= 15 is 0 Å². The molecule has 0 aliphatic carbocycles. The molecule has 31 heavy (non-hydrogen) atoms. The number of thioether (sulfide) groups is 1. The molecule has 0 unspecified atom stereocenters. The summed E-state index contributed by atoms with van der Waals surface area (Å²) in [4.78, 5) is 26.2. The van der Waals surface area contributed by atoms with Gasteiger partial charge in [-0.3, -0.25) is 4.79 Å². The van der Waals surface area contributed by atoms with Crippen molar-refractivity contribution in [2.45, 2.75) is 45.8 Å². The van der Waals surface area contributed by atoms with Crippen molar-refractivity contribution in [3.63, 3.8) is 0 Å². The van der Waals surface area contributed by atoms with Gasteiger partial charge in [0.15, 0.2) is 11.0 Å². The molecule has 3 heterocycles. The van der Waals surface area contributed by atoms with Crippen molar-refractivity contribution in [2.24, 2.45) is 5.92 Å². The van der Waals surface area contributed by atoms with Gasteiger partial charge in [-0.1, -0.05) is 31.7 Å². The van der Waals surface area contributed by atoms with E-state index in [0.29, 0.717) is 28.2 Å². The molecule has 1 amide bonds. The molecule has 0 aromatic carbocycles. The molecule has 7 nitrogen and oxygen atoms in total. The molecule has 0 aliphatic rings. The number of nitrogens with one attached hydrogen (secondary N) is 1. The molecule has 0 fully saturated rings. The number of esters is 1. The van der Waals surface area contributed by atoms with Gasteiger partial charge in [-0.2, -0.15) is 0 Å². The maximum Gasteiger partial charge on any atom is 0.341 e. The summed E-state index contributed by atoms with van der Waals surface area (Å²) < 4.78 is 7.22. The Morgan fingerprint density at radius 3 is 2.71 bits per heavy atom. The third kappa shape index (κ3) is 5.75. The lowest BCUT2D eigenvalue weighted by Gasteiger charge is -2.10. The van der Waals surface area contributed by atoms with Crippen LogP contribution in [0.4, 0.5) is 5.00 Å². The first-order chi connectivity index (χ1) is 14.9. The standard InChI is InChI=1S/C21H26N4O3S3/c1-5-25-18(15-8-7-9-29-15)23-24-21(25)31-12-16(26)22-19-17(20(27)28-6-2)14(11-30-19)10-13(3)4/h7-9,11,13H,5-6,10,12H2,1-4H3,(H,22,26). The molecular weight excluding hydrogens is 452 g/mol. The van der Waals surface area contributed by atoms with Crippen molar-refractivity contribution in [3.8, 4) is 10.7 Å². The van der Waals surface area contributed by atoms with Crippen LogP contribution in [0, 0.1) is 5.92 Å². The largest absolute Gasteiger partial charge is 0.462 e. The fourth-order valence-electron chi connectivity index (χ4n) is 3.06. The Hall–Kier alpha value is -2.17. The van der Waals surface area contributed by atoms with Crippen LogP contribution in [0.15, 0.2) is 28.0 Å². The van der Waals surface area contributed by atoms with Crippen LogP contribution in [0.1, 0.15) is 43.6 Å². The molecule has 0 bridgehead atoms. The van der Waals surface area contributed by atoms with Crippen LogP contribution in [0.25, 0.3) is 10.7 Å². The minimum Gasteiger partial charge on any atom is -0.462 e. The van der Waals surface area contributed by atoms with E-state index in [1.54, 1.807) is 18.3 Å². The fraction of sp³-hybridized carbons (Fsp3) is 0.429. The van der Waals surface area contributed by atoms with Gasteiger partial charge in [0.1, 0.15) is 5.00 Å². The number of rotatable bonds is 10. The monoisotopic (exact) mass is 478 g/mol. The molecule has 3 aromatic heterocycles. The minimum absolute atomic E-state index is 0.169. The topological polar surface area (TPSA) is 86.1 Å². The summed E-state index contributed by atoms with van der Waals surface area (Å²) in [5, 5.41) is 16.6. The molecule has 3 aromatic rings. The summed E-state index contributed by atoms with van der Waals surface area (Å²) >= 11 is 4.29. The number of amides is 1.